The molecule has 2 heterocycles. The lowest BCUT2D eigenvalue weighted by molar-refractivity contribution is -0.389. The molecule has 0 atom stereocenters. The first-order chi connectivity index (χ1) is 12.4. The lowest BCUT2D eigenvalue weighted by Crippen LogP contribution is -2.19. The van der Waals surface area contributed by atoms with Crippen LogP contribution < -0.4 is 5.32 Å². The smallest absolute Gasteiger partial charge is 0.358 e. The van der Waals surface area contributed by atoms with Crippen LogP contribution in [0.25, 0.3) is 0 Å². The van der Waals surface area contributed by atoms with E-state index in [1.807, 2.05) is 0 Å². The van der Waals surface area contributed by atoms with E-state index in [9.17, 15) is 23.7 Å². The quantitative estimate of drug-likeness (QED) is 0.524. The number of halogens is 2. The number of anilines is 1. The molecule has 3 rings (SSSR count). The molecular formula is C15H11F2N5O3S. The van der Waals surface area contributed by atoms with Crippen LogP contribution in [0.3, 0.4) is 0 Å². The lowest BCUT2D eigenvalue weighted by atomic mass is 10.1. The zero-order valence-corrected chi connectivity index (χ0v) is 13.9. The molecule has 2 aromatic heterocycles. The highest BCUT2D eigenvalue weighted by Gasteiger charge is 2.14. The highest BCUT2D eigenvalue weighted by atomic mass is 32.1. The third-order valence-electron chi connectivity index (χ3n) is 3.28. The van der Waals surface area contributed by atoms with Gasteiger partial charge >= 0.3 is 5.82 Å². The number of nitrogens with one attached hydrogen (secondary N) is 1. The molecule has 0 spiro atoms. The van der Waals surface area contributed by atoms with Crippen LogP contribution in [0.4, 0.5) is 19.7 Å². The van der Waals surface area contributed by atoms with Crippen molar-refractivity contribution in [2.75, 3.05) is 5.32 Å². The highest BCUT2D eigenvalue weighted by Crippen LogP contribution is 2.22. The molecule has 0 saturated carbocycles. The van der Waals surface area contributed by atoms with Gasteiger partial charge in [-0.25, -0.2) is 13.8 Å². The summed E-state index contributed by atoms with van der Waals surface area (Å²) in [5.41, 5.74) is 0.578. The maximum Gasteiger partial charge on any atom is 0.389 e. The number of carbonyl (C=O) groups excluding carboxylic acids is 1. The van der Waals surface area contributed by atoms with Gasteiger partial charge in [-0.2, -0.15) is 4.68 Å². The fourth-order valence-corrected chi connectivity index (χ4v) is 3.00. The molecule has 1 amide bonds. The third kappa shape index (κ3) is 4.25. The number of nitro groups is 1. The predicted octanol–water partition coefficient (Wildman–Crippen LogP) is 2.76. The van der Waals surface area contributed by atoms with Crippen LogP contribution in [0.15, 0.2) is 36.7 Å². The number of benzene rings is 1. The topological polar surface area (TPSA) is 103 Å². The van der Waals surface area contributed by atoms with Gasteiger partial charge in [0.25, 0.3) is 0 Å². The number of thiazole rings is 1. The van der Waals surface area contributed by atoms with Gasteiger partial charge < -0.3 is 15.4 Å². The zero-order chi connectivity index (χ0) is 18.7. The Labute approximate surface area is 149 Å². The van der Waals surface area contributed by atoms with Gasteiger partial charge in [0, 0.05) is 17.5 Å². The van der Waals surface area contributed by atoms with E-state index in [2.05, 4.69) is 15.4 Å². The summed E-state index contributed by atoms with van der Waals surface area (Å²) in [6, 6.07) is 4.83. The van der Waals surface area contributed by atoms with Crippen LogP contribution in [-0.2, 0) is 17.8 Å². The van der Waals surface area contributed by atoms with Crippen LogP contribution in [0.5, 0.6) is 0 Å². The SMILES string of the molecule is O=C(Cn1ccc([N+](=O)[O-])n1)Nc1ncc(Cc2ccc(F)c(F)c2)s1. The van der Waals surface area contributed by atoms with E-state index in [1.165, 1.54) is 35.9 Å². The number of rotatable bonds is 6. The highest BCUT2D eigenvalue weighted by molar-refractivity contribution is 7.15. The first-order valence-electron chi connectivity index (χ1n) is 7.27. The van der Waals surface area contributed by atoms with Crippen molar-refractivity contribution in [1.82, 2.24) is 14.8 Å². The molecule has 1 aromatic carbocycles. The van der Waals surface area contributed by atoms with Crippen molar-refractivity contribution in [2.24, 2.45) is 0 Å². The first-order valence-corrected chi connectivity index (χ1v) is 8.08. The molecule has 1 N–H and O–H groups in total. The van der Waals surface area contributed by atoms with Gasteiger partial charge in [0.15, 0.2) is 16.8 Å². The van der Waals surface area contributed by atoms with E-state index in [1.54, 1.807) is 0 Å². The molecule has 26 heavy (non-hydrogen) atoms. The Bertz CT molecular complexity index is 972. The van der Waals surface area contributed by atoms with Crippen molar-refractivity contribution < 1.29 is 18.5 Å². The molecule has 0 aliphatic carbocycles. The largest absolute Gasteiger partial charge is 0.389 e. The van der Waals surface area contributed by atoms with Crippen molar-refractivity contribution in [3.63, 3.8) is 0 Å². The maximum atomic E-state index is 13.2. The normalized spacial score (nSPS) is 10.7. The third-order valence-corrected chi connectivity index (χ3v) is 4.19. The molecular weight excluding hydrogens is 368 g/mol. The monoisotopic (exact) mass is 379 g/mol. The van der Waals surface area contributed by atoms with E-state index in [4.69, 9.17) is 0 Å². The number of hydrogen-bond donors (Lipinski definition) is 1. The number of hydrogen-bond acceptors (Lipinski definition) is 6. The van der Waals surface area contributed by atoms with Gasteiger partial charge in [0.1, 0.15) is 6.54 Å². The summed E-state index contributed by atoms with van der Waals surface area (Å²) in [7, 11) is 0. The molecule has 0 aliphatic rings. The minimum Gasteiger partial charge on any atom is -0.358 e. The minimum atomic E-state index is -0.922. The standard InChI is InChI=1S/C15H11F2N5O3S/c16-11-2-1-9(6-12(11)17)5-10-7-18-15(26-10)19-14(23)8-21-4-3-13(20-21)22(24)25/h1-4,6-7H,5,8H2,(H,18,19,23). The molecule has 0 bridgehead atoms. The minimum absolute atomic E-state index is 0.202. The van der Waals surface area contributed by atoms with E-state index in [0.717, 1.165) is 21.7 Å². The van der Waals surface area contributed by atoms with E-state index >= 15 is 0 Å². The molecule has 11 heteroatoms. The van der Waals surface area contributed by atoms with Gasteiger partial charge in [0.2, 0.25) is 5.91 Å². The molecule has 134 valence electrons. The predicted molar refractivity (Wildman–Crippen MR) is 88.8 cm³/mol. The maximum absolute atomic E-state index is 13.2. The Morgan fingerprint density at radius 2 is 2.12 bits per heavy atom. The van der Waals surface area contributed by atoms with Crippen molar-refractivity contribution in [1.29, 1.82) is 0 Å². The molecule has 3 aromatic rings. The summed E-state index contributed by atoms with van der Waals surface area (Å²) in [5, 5.41) is 17.1. The van der Waals surface area contributed by atoms with Crippen molar-refractivity contribution in [2.45, 2.75) is 13.0 Å². The second-order valence-corrected chi connectivity index (χ2v) is 6.35. The average molecular weight is 379 g/mol. The van der Waals surface area contributed by atoms with Crippen molar-refractivity contribution in [3.8, 4) is 0 Å². The second-order valence-electron chi connectivity index (χ2n) is 5.23. The van der Waals surface area contributed by atoms with Crippen LogP contribution in [-0.4, -0.2) is 25.6 Å². The first kappa shape index (κ1) is 17.6. The summed E-state index contributed by atoms with van der Waals surface area (Å²) in [5.74, 6) is -2.63. The number of carbonyl (C=O) groups is 1. The fraction of sp³-hybridized carbons (Fsp3) is 0.133. The van der Waals surface area contributed by atoms with Gasteiger partial charge in [-0.3, -0.25) is 4.79 Å². The zero-order valence-electron chi connectivity index (χ0n) is 13.1. The summed E-state index contributed by atoms with van der Waals surface area (Å²) in [6.45, 7) is -0.202. The van der Waals surface area contributed by atoms with Crippen LogP contribution in [0.1, 0.15) is 10.4 Å². The van der Waals surface area contributed by atoms with E-state index in [-0.39, 0.29) is 12.4 Å². The summed E-state index contributed by atoms with van der Waals surface area (Å²) < 4.78 is 27.3. The molecule has 8 nitrogen and oxygen atoms in total. The Balaban J connectivity index is 1.59. The van der Waals surface area contributed by atoms with Crippen LogP contribution in [0, 0.1) is 21.7 Å². The van der Waals surface area contributed by atoms with Gasteiger partial charge in [-0.15, -0.1) is 11.3 Å². The van der Waals surface area contributed by atoms with Crippen molar-refractivity contribution in [3.05, 3.63) is 68.8 Å². The van der Waals surface area contributed by atoms with Gasteiger partial charge in [0.05, 0.1) is 17.4 Å². The summed E-state index contributed by atoms with van der Waals surface area (Å²) in [4.78, 5) is 26.7. The number of amides is 1. The van der Waals surface area contributed by atoms with E-state index in [0.29, 0.717) is 17.1 Å². The second kappa shape index (κ2) is 7.35. The van der Waals surface area contributed by atoms with Crippen LogP contribution >= 0.6 is 11.3 Å². The van der Waals surface area contributed by atoms with Crippen molar-refractivity contribution >= 4 is 28.2 Å². The Morgan fingerprint density at radius 1 is 1.31 bits per heavy atom. The number of nitrogens with zero attached hydrogens (tertiary/aromatic N) is 4. The average Bonchev–Trinajstić information content (AvgIpc) is 3.21. The molecule has 0 aliphatic heterocycles. The Hall–Kier alpha value is -3.21. The Morgan fingerprint density at radius 3 is 2.81 bits per heavy atom. The summed E-state index contributed by atoms with van der Waals surface area (Å²) in [6.07, 6.45) is 3.20. The molecule has 0 saturated heterocycles. The van der Waals surface area contributed by atoms with Gasteiger partial charge in [-0.05, 0) is 22.6 Å². The molecule has 0 radical (unpaired) electrons. The molecule has 0 unspecified atom stereocenters. The van der Waals surface area contributed by atoms with Crippen LogP contribution in [0.2, 0.25) is 0 Å². The summed E-state index contributed by atoms with van der Waals surface area (Å²) >= 11 is 1.19. The van der Waals surface area contributed by atoms with E-state index < -0.39 is 22.5 Å². The number of aromatic nitrogens is 3. The van der Waals surface area contributed by atoms with Gasteiger partial charge in [-0.1, -0.05) is 6.07 Å². The fourth-order valence-electron chi connectivity index (χ4n) is 2.14. The lowest BCUT2D eigenvalue weighted by Gasteiger charge is -2.00. The Kier molecular flexibility index (Phi) is 4.98. The molecule has 0 fully saturated rings.